The zero-order valence-corrected chi connectivity index (χ0v) is 10.4. The maximum absolute atomic E-state index is 10.1. The summed E-state index contributed by atoms with van der Waals surface area (Å²) in [6.07, 6.45) is 1.78. The Hall–Kier alpha value is -0.900. The third kappa shape index (κ3) is 2.61. The minimum absolute atomic E-state index is 0.562. The summed E-state index contributed by atoms with van der Waals surface area (Å²) in [6.45, 7) is 1.98. The molecule has 0 saturated heterocycles. The van der Waals surface area contributed by atoms with Crippen LogP contribution in [0.2, 0.25) is 5.02 Å². The molecule has 16 heavy (non-hydrogen) atoms. The summed E-state index contributed by atoms with van der Waals surface area (Å²) < 4.78 is 0. The average molecular weight is 254 g/mol. The van der Waals surface area contributed by atoms with Crippen molar-refractivity contribution in [1.29, 1.82) is 0 Å². The number of halogens is 1. The van der Waals surface area contributed by atoms with Gasteiger partial charge in [-0.1, -0.05) is 23.7 Å². The third-order valence-electron chi connectivity index (χ3n) is 2.39. The first-order chi connectivity index (χ1) is 7.66. The van der Waals surface area contributed by atoms with Crippen molar-refractivity contribution in [1.82, 2.24) is 4.98 Å². The molecule has 1 unspecified atom stereocenters. The Morgan fingerprint density at radius 2 is 2.31 bits per heavy atom. The molecule has 1 N–H and O–H groups in total. The molecule has 1 aromatic heterocycles. The summed E-state index contributed by atoms with van der Waals surface area (Å²) in [7, 11) is 0. The van der Waals surface area contributed by atoms with Crippen molar-refractivity contribution in [2.45, 2.75) is 19.4 Å². The Bertz CT molecular complexity index is 470. The van der Waals surface area contributed by atoms with Crippen LogP contribution >= 0.6 is 22.9 Å². The van der Waals surface area contributed by atoms with Crippen LogP contribution in [0.3, 0.4) is 0 Å². The number of hydrogen-bond acceptors (Lipinski definition) is 3. The van der Waals surface area contributed by atoms with E-state index in [0.29, 0.717) is 11.4 Å². The van der Waals surface area contributed by atoms with E-state index in [0.717, 1.165) is 16.0 Å². The number of aryl methyl sites for hydroxylation is 1. The lowest BCUT2D eigenvalue weighted by molar-refractivity contribution is 0.179. The number of benzene rings is 1. The van der Waals surface area contributed by atoms with Crippen LogP contribution in [0.1, 0.15) is 22.1 Å². The molecular weight excluding hydrogens is 242 g/mol. The predicted octanol–water partition coefficient (Wildman–Crippen LogP) is 3.38. The molecule has 1 aromatic carbocycles. The number of rotatable bonds is 3. The summed E-state index contributed by atoms with van der Waals surface area (Å²) in [5.41, 5.74) is 3.64. The van der Waals surface area contributed by atoms with Gasteiger partial charge in [-0.05, 0) is 24.1 Å². The van der Waals surface area contributed by atoms with Crippen LogP contribution in [-0.4, -0.2) is 10.1 Å². The number of aromatic nitrogens is 1. The predicted molar refractivity (Wildman–Crippen MR) is 67.0 cm³/mol. The Morgan fingerprint density at radius 1 is 1.50 bits per heavy atom. The molecule has 2 aromatic rings. The summed E-state index contributed by atoms with van der Waals surface area (Å²) in [6, 6.07) is 5.70. The van der Waals surface area contributed by atoms with E-state index in [2.05, 4.69) is 4.98 Å². The normalized spacial score (nSPS) is 12.7. The highest BCUT2D eigenvalue weighted by Crippen LogP contribution is 2.27. The number of aliphatic hydroxyl groups excluding tert-OH is 1. The molecule has 0 fully saturated rings. The van der Waals surface area contributed by atoms with Gasteiger partial charge < -0.3 is 5.11 Å². The highest BCUT2D eigenvalue weighted by Gasteiger charge is 2.12. The lowest BCUT2D eigenvalue weighted by atomic mass is 10.0. The minimum atomic E-state index is -0.562. The Morgan fingerprint density at radius 3 is 2.94 bits per heavy atom. The van der Waals surface area contributed by atoms with Gasteiger partial charge in [0.15, 0.2) is 0 Å². The average Bonchev–Trinajstić information content (AvgIpc) is 2.70. The Labute approximate surface area is 104 Å². The van der Waals surface area contributed by atoms with E-state index in [1.165, 1.54) is 0 Å². The maximum Gasteiger partial charge on any atom is 0.0853 e. The standard InChI is InChI=1S/C12H12ClNOS/c1-8-2-3-10(11(13)4-8)12(15)5-9-6-14-7-16-9/h2-4,6-7,12,15H,5H2,1H3. The molecule has 4 heteroatoms. The number of nitrogens with zero attached hydrogens (tertiary/aromatic N) is 1. The van der Waals surface area contributed by atoms with Crippen molar-refractivity contribution in [2.24, 2.45) is 0 Å². The van der Waals surface area contributed by atoms with Gasteiger partial charge in [0.1, 0.15) is 0 Å². The van der Waals surface area contributed by atoms with Crippen LogP contribution in [0.25, 0.3) is 0 Å². The molecule has 0 aliphatic rings. The molecule has 0 radical (unpaired) electrons. The molecular formula is C12H12ClNOS. The molecule has 0 bridgehead atoms. The van der Waals surface area contributed by atoms with Crippen molar-refractivity contribution in [3.8, 4) is 0 Å². The second-order valence-electron chi connectivity index (χ2n) is 3.71. The molecule has 2 nitrogen and oxygen atoms in total. The monoisotopic (exact) mass is 253 g/mol. The maximum atomic E-state index is 10.1. The first kappa shape index (κ1) is 11.6. The number of aliphatic hydroxyl groups is 1. The molecule has 0 saturated carbocycles. The van der Waals surface area contributed by atoms with Crippen molar-refractivity contribution < 1.29 is 5.11 Å². The quantitative estimate of drug-likeness (QED) is 0.910. The van der Waals surface area contributed by atoms with Crippen molar-refractivity contribution in [2.75, 3.05) is 0 Å². The van der Waals surface area contributed by atoms with Gasteiger partial charge in [0, 0.05) is 22.5 Å². The van der Waals surface area contributed by atoms with Gasteiger partial charge in [0.2, 0.25) is 0 Å². The van der Waals surface area contributed by atoms with Crippen molar-refractivity contribution in [3.05, 3.63) is 50.9 Å². The van der Waals surface area contributed by atoms with Crippen LogP contribution in [-0.2, 0) is 6.42 Å². The zero-order chi connectivity index (χ0) is 11.5. The highest BCUT2D eigenvalue weighted by molar-refractivity contribution is 7.09. The van der Waals surface area contributed by atoms with Crippen LogP contribution in [0.15, 0.2) is 29.9 Å². The van der Waals surface area contributed by atoms with E-state index in [1.54, 1.807) is 23.0 Å². The first-order valence-corrected chi connectivity index (χ1v) is 6.24. The fourth-order valence-electron chi connectivity index (χ4n) is 1.55. The highest BCUT2D eigenvalue weighted by atomic mass is 35.5. The SMILES string of the molecule is Cc1ccc(C(O)Cc2cncs2)c(Cl)c1. The topological polar surface area (TPSA) is 33.1 Å². The van der Waals surface area contributed by atoms with E-state index in [9.17, 15) is 5.11 Å². The van der Waals surface area contributed by atoms with Gasteiger partial charge in [-0.2, -0.15) is 0 Å². The van der Waals surface area contributed by atoms with E-state index < -0.39 is 6.10 Å². The molecule has 0 amide bonds. The van der Waals surface area contributed by atoms with Crippen LogP contribution < -0.4 is 0 Å². The molecule has 84 valence electrons. The van der Waals surface area contributed by atoms with E-state index >= 15 is 0 Å². The van der Waals surface area contributed by atoms with Crippen molar-refractivity contribution >= 4 is 22.9 Å². The largest absolute Gasteiger partial charge is 0.388 e. The number of thiazole rings is 1. The van der Waals surface area contributed by atoms with Gasteiger partial charge in [-0.15, -0.1) is 11.3 Å². The molecule has 2 rings (SSSR count). The molecule has 1 atom stereocenters. The minimum Gasteiger partial charge on any atom is -0.388 e. The van der Waals surface area contributed by atoms with E-state index in [1.807, 2.05) is 25.1 Å². The fourth-order valence-corrected chi connectivity index (χ4v) is 2.54. The second-order valence-corrected chi connectivity index (χ2v) is 5.09. The van der Waals surface area contributed by atoms with Gasteiger partial charge in [0.25, 0.3) is 0 Å². The summed E-state index contributed by atoms with van der Waals surface area (Å²) in [5.74, 6) is 0. The summed E-state index contributed by atoms with van der Waals surface area (Å²) in [5, 5.41) is 10.7. The first-order valence-electron chi connectivity index (χ1n) is 4.98. The lowest BCUT2D eigenvalue weighted by Gasteiger charge is -2.11. The molecule has 1 heterocycles. The van der Waals surface area contributed by atoms with Crippen LogP contribution in [0.5, 0.6) is 0 Å². The van der Waals surface area contributed by atoms with Gasteiger partial charge in [-0.3, -0.25) is 4.98 Å². The van der Waals surface area contributed by atoms with Crippen LogP contribution in [0.4, 0.5) is 0 Å². The second kappa shape index (κ2) is 4.95. The number of hydrogen-bond donors (Lipinski definition) is 1. The zero-order valence-electron chi connectivity index (χ0n) is 8.85. The molecule has 0 aliphatic heterocycles. The summed E-state index contributed by atoms with van der Waals surface area (Å²) >= 11 is 7.63. The van der Waals surface area contributed by atoms with Gasteiger partial charge in [-0.25, -0.2) is 0 Å². The van der Waals surface area contributed by atoms with E-state index in [-0.39, 0.29) is 0 Å². The molecule has 0 aliphatic carbocycles. The third-order valence-corrected chi connectivity index (χ3v) is 3.52. The molecule has 0 spiro atoms. The smallest absolute Gasteiger partial charge is 0.0853 e. The van der Waals surface area contributed by atoms with Crippen LogP contribution in [0, 0.1) is 6.92 Å². The van der Waals surface area contributed by atoms with E-state index in [4.69, 9.17) is 11.6 Å². The van der Waals surface area contributed by atoms with Gasteiger partial charge in [0.05, 0.1) is 11.6 Å². The Kier molecular flexibility index (Phi) is 3.59. The fraction of sp³-hybridized carbons (Fsp3) is 0.250. The lowest BCUT2D eigenvalue weighted by Crippen LogP contribution is -2.01. The van der Waals surface area contributed by atoms with Gasteiger partial charge >= 0.3 is 0 Å². The van der Waals surface area contributed by atoms with Crippen molar-refractivity contribution in [3.63, 3.8) is 0 Å². The summed E-state index contributed by atoms with van der Waals surface area (Å²) in [4.78, 5) is 5.04. The Balaban J connectivity index is 2.17.